The van der Waals surface area contributed by atoms with Crippen molar-refractivity contribution in [3.8, 4) is 5.75 Å². The van der Waals surface area contributed by atoms with Crippen molar-refractivity contribution in [1.82, 2.24) is 5.32 Å². The van der Waals surface area contributed by atoms with Crippen molar-refractivity contribution in [2.24, 2.45) is 5.92 Å². The molecule has 0 saturated heterocycles. The third kappa shape index (κ3) is 6.60. The molecule has 0 fully saturated rings. The van der Waals surface area contributed by atoms with E-state index in [4.69, 9.17) is 4.74 Å². The van der Waals surface area contributed by atoms with Crippen molar-refractivity contribution in [2.75, 3.05) is 13.2 Å². The molecule has 0 radical (unpaired) electrons. The number of ether oxygens (including phenoxy) is 1. The molecule has 0 saturated carbocycles. The summed E-state index contributed by atoms with van der Waals surface area (Å²) in [5.41, 5.74) is 1.22. The van der Waals surface area contributed by atoms with Gasteiger partial charge < -0.3 is 10.1 Å². The number of benzene rings is 1. The summed E-state index contributed by atoms with van der Waals surface area (Å²) < 4.78 is 5.60. The fourth-order valence-electron chi connectivity index (χ4n) is 1.98. The second kappa shape index (κ2) is 9.40. The lowest BCUT2D eigenvalue weighted by Gasteiger charge is -2.13. The Labute approximate surface area is 122 Å². The Balaban J connectivity index is 2.11. The lowest BCUT2D eigenvalue weighted by atomic mass is 10.0. The third-order valence-electron chi connectivity index (χ3n) is 3.58. The Kier molecular flexibility index (Phi) is 7.78. The van der Waals surface area contributed by atoms with E-state index in [0.717, 1.165) is 31.6 Å². The number of aryl methyl sites for hydroxylation is 1. The maximum absolute atomic E-state index is 11.7. The molecule has 0 aromatic heterocycles. The van der Waals surface area contributed by atoms with Crippen LogP contribution in [0.5, 0.6) is 5.75 Å². The van der Waals surface area contributed by atoms with Gasteiger partial charge in [0, 0.05) is 13.0 Å². The van der Waals surface area contributed by atoms with Crippen molar-refractivity contribution in [1.29, 1.82) is 0 Å². The Morgan fingerprint density at radius 1 is 1.20 bits per heavy atom. The average molecular weight is 277 g/mol. The largest absolute Gasteiger partial charge is 0.494 e. The van der Waals surface area contributed by atoms with Gasteiger partial charge in [-0.05, 0) is 31.4 Å². The van der Waals surface area contributed by atoms with Crippen LogP contribution in [0.1, 0.15) is 45.1 Å². The molecule has 112 valence electrons. The summed E-state index contributed by atoms with van der Waals surface area (Å²) in [7, 11) is 0. The van der Waals surface area contributed by atoms with Crippen LogP contribution in [0.25, 0.3) is 0 Å². The van der Waals surface area contributed by atoms with Crippen LogP contribution in [-0.4, -0.2) is 19.1 Å². The van der Waals surface area contributed by atoms with Gasteiger partial charge in [0.15, 0.2) is 0 Å². The molecule has 0 heterocycles. The molecule has 0 spiro atoms. The lowest BCUT2D eigenvalue weighted by Crippen LogP contribution is -2.28. The van der Waals surface area contributed by atoms with Crippen LogP contribution in [0.3, 0.4) is 0 Å². The fourth-order valence-corrected chi connectivity index (χ4v) is 1.98. The molecule has 0 bridgehead atoms. The fraction of sp³-hybridized carbons (Fsp3) is 0.588. The van der Waals surface area contributed by atoms with E-state index in [9.17, 15) is 4.79 Å². The summed E-state index contributed by atoms with van der Waals surface area (Å²) in [6.45, 7) is 7.76. The topological polar surface area (TPSA) is 38.3 Å². The average Bonchev–Trinajstić information content (AvgIpc) is 2.46. The van der Waals surface area contributed by atoms with Gasteiger partial charge in [-0.15, -0.1) is 0 Å². The molecule has 1 aromatic rings. The molecule has 1 rings (SSSR count). The van der Waals surface area contributed by atoms with E-state index in [1.54, 1.807) is 0 Å². The Morgan fingerprint density at radius 2 is 1.85 bits per heavy atom. The van der Waals surface area contributed by atoms with Crippen LogP contribution in [0.15, 0.2) is 24.3 Å². The van der Waals surface area contributed by atoms with Gasteiger partial charge >= 0.3 is 0 Å². The number of hydrogen-bond donors (Lipinski definition) is 1. The van der Waals surface area contributed by atoms with Gasteiger partial charge in [-0.25, -0.2) is 0 Å². The second-order valence-electron chi connectivity index (χ2n) is 5.25. The number of hydrogen-bond acceptors (Lipinski definition) is 2. The first-order valence-electron chi connectivity index (χ1n) is 7.61. The SMILES string of the molecule is CCC(CC)CNC(=O)CCCOc1ccc(C)cc1. The Morgan fingerprint density at radius 3 is 2.45 bits per heavy atom. The standard InChI is InChI=1S/C17H27NO2/c1-4-15(5-2)13-18-17(19)7-6-12-20-16-10-8-14(3)9-11-16/h8-11,15H,4-7,12-13H2,1-3H3,(H,18,19). The van der Waals surface area contributed by atoms with Crippen molar-refractivity contribution < 1.29 is 9.53 Å². The normalized spacial score (nSPS) is 10.6. The minimum absolute atomic E-state index is 0.129. The predicted octanol–water partition coefficient (Wildman–Crippen LogP) is 3.71. The van der Waals surface area contributed by atoms with E-state index in [0.29, 0.717) is 18.9 Å². The maximum Gasteiger partial charge on any atom is 0.220 e. The van der Waals surface area contributed by atoms with E-state index in [2.05, 4.69) is 19.2 Å². The molecule has 20 heavy (non-hydrogen) atoms. The highest BCUT2D eigenvalue weighted by Crippen LogP contribution is 2.11. The van der Waals surface area contributed by atoms with Gasteiger partial charge in [-0.3, -0.25) is 4.79 Å². The zero-order valence-corrected chi connectivity index (χ0v) is 12.9. The lowest BCUT2D eigenvalue weighted by molar-refractivity contribution is -0.121. The molecule has 0 aliphatic carbocycles. The van der Waals surface area contributed by atoms with Crippen molar-refractivity contribution in [2.45, 2.75) is 46.5 Å². The Hall–Kier alpha value is -1.51. The minimum atomic E-state index is 0.129. The minimum Gasteiger partial charge on any atom is -0.494 e. The smallest absolute Gasteiger partial charge is 0.220 e. The first-order chi connectivity index (χ1) is 9.65. The summed E-state index contributed by atoms with van der Waals surface area (Å²) in [5, 5.41) is 3.00. The molecule has 0 aliphatic heterocycles. The molecule has 0 unspecified atom stereocenters. The van der Waals surface area contributed by atoms with E-state index in [-0.39, 0.29) is 5.91 Å². The van der Waals surface area contributed by atoms with E-state index in [1.807, 2.05) is 31.2 Å². The number of nitrogens with one attached hydrogen (secondary N) is 1. The summed E-state index contributed by atoms with van der Waals surface area (Å²) in [6.07, 6.45) is 3.52. The van der Waals surface area contributed by atoms with Crippen LogP contribution in [0.2, 0.25) is 0 Å². The third-order valence-corrected chi connectivity index (χ3v) is 3.58. The van der Waals surface area contributed by atoms with Gasteiger partial charge in [-0.1, -0.05) is 44.4 Å². The van der Waals surface area contributed by atoms with Crippen LogP contribution < -0.4 is 10.1 Å². The van der Waals surface area contributed by atoms with E-state index < -0.39 is 0 Å². The molecule has 0 atom stereocenters. The first-order valence-corrected chi connectivity index (χ1v) is 7.61. The molecular formula is C17H27NO2. The van der Waals surface area contributed by atoms with E-state index >= 15 is 0 Å². The zero-order chi connectivity index (χ0) is 14.8. The molecular weight excluding hydrogens is 250 g/mol. The summed E-state index contributed by atoms with van der Waals surface area (Å²) in [6, 6.07) is 7.97. The quantitative estimate of drug-likeness (QED) is 0.699. The number of amides is 1. The summed E-state index contributed by atoms with van der Waals surface area (Å²) in [5.74, 6) is 1.60. The van der Waals surface area contributed by atoms with Gasteiger partial charge in [0.2, 0.25) is 5.91 Å². The first kappa shape index (κ1) is 16.5. The summed E-state index contributed by atoms with van der Waals surface area (Å²) >= 11 is 0. The maximum atomic E-state index is 11.7. The number of carbonyl (C=O) groups excluding carboxylic acids is 1. The second-order valence-corrected chi connectivity index (χ2v) is 5.25. The highest BCUT2D eigenvalue weighted by atomic mass is 16.5. The molecule has 3 heteroatoms. The summed E-state index contributed by atoms with van der Waals surface area (Å²) in [4.78, 5) is 11.7. The molecule has 1 N–H and O–H groups in total. The number of carbonyl (C=O) groups is 1. The monoisotopic (exact) mass is 277 g/mol. The van der Waals surface area contributed by atoms with Crippen molar-refractivity contribution in [3.63, 3.8) is 0 Å². The van der Waals surface area contributed by atoms with Crippen LogP contribution in [0.4, 0.5) is 0 Å². The predicted molar refractivity (Wildman–Crippen MR) is 83.0 cm³/mol. The van der Waals surface area contributed by atoms with Crippen LogP contribution in [0, 0.1) is 12.8 Å². The van der Waals surface area contributed by atoms with Gasteiger partial charge in [0.05, 0.1) is 6.61 Å². The molecule has 0 aliphatic rings. The molecule has 1 aromatic carbocycles. The van der Waals surface area contributed by atoms with E-state index in [1.165, 1.54) is 5.56 Å². The van der Waals surface area contributed by atoms with Crippen molar-refractivity contribution >= 4 is 5.91 Å². The number of rotatable bonds is 9. The highest BCUT2D eigenvalue weighted by molar-refractivity contribution is 5.75. The zero-order valence-electron chi connectivity index (χ0n) is 12.9. The van der Waals surface area contributed by atoms with Gasteiger partial charge in [-0.2, -0.15) is 0 Å². The van der Waals surface area contributed by atoms with Gasteiger partial charge in [0.25, 0.3) is 0 Å². The van der Waals surface area contributed by atoms with Crippen LogP contribution >= 0.6 is 0 Å². The van der Waals surface area contributed by atoms with Crippen LogP contribution in [-0.2, 0) is 4.79 Å². The molecule has 1 amide bonds. The van der Waals surface area contributed by atoms with Crippen molar-refractivity contribution in [3.05, 3.63) is 29.8 Å². The highest BCUT2D eigenvalue weighted by Gasteiger charge is 2.06. The molecule has 3 nitrogen and oxygen atoms in total. The Bertz CT molecular complexity index is 382. The van der Waals surface area contributed by atoms with Gasteiger partial charge in [0.1, 0.15) is 5.75 Å².